The van der Waals surface area contributed by atoms with Crippen LogP contribution in [0.5, 0.6) is 0 Å². The number of unbranched alkanes of at least 4 members (excludes halogenated alkanes) is 2. The molecule has 6 nitrogen and oxygen atoms in total. The van der Waals surface area contributed by atoms with Gasteiger partial charge in [-0.25, -0.2) is 0 Å². The first-order valence-electron chi connectivity index (χ1n) is 5.97. The van der Waals surface area contributed by atoms with E-state index < -0.39 is 5.60 Å². The van der Waals surface area contributed by atoms with Gasteiger partial charge in [-0.1, -0.05) is 0 Å². The van der Waals surface area contributed by atoms with Gasteiger partial charge in [-0.05, 0) is 33.1 Å². The van der Waals surface area contributed by atoms with Crippen molar-refractivity contribution in [3.8, 4) is 0 Å². The number of rotatable bonds is 11. The monoisotopic (exact) mass is 248 g/mol. The lowest BCUT2D eigenvalue weighted by Gasteiger charge is -2.22. The van der Waals surface area contributed by atoms with E-state index in [2.05, 4.69) is 10.2 Å². The summed E-state index contributed by atoms with van der Waals surface area (Å²) in [6, 6.07) is 0. The fourth-order valence-corrected chi connectivity index (χ4v) is 1.28. The Hall–Kier alpha value is -0.720. The first kappa shape index (κ1) is 16.3. The summed E-state index contributed by atoms with van der Waals surface area (Å²) in [4.78, 5) is 20.1. The van der Waals surface area contributed by atoms with Crippen LogP contribution >= 0.6 is 0 Å². The topological polar surface area (TPSA) is 71.4 Å². The third kappa shape index (κ3) is 10.2. The molecular formula is C11H24N2O4. The summed E-state index contributed by atoms with van der Waals surface area (Å²) in [5, 5.41) is 12.8. The highest BCUT2D eigenvalue weighted by Gasteiger charge is 2.20. The van der Waals surface area contributed by atoms with Crippen LogP contribution in [0.25, 0.3) is 0 Å². The van der Waals surface area contributed by atoms with E-state index in [0.717, 1.165) is 25.8 Å². The molecule has 102 valence electrons. The van der Waals surface area contributed by atoms with E-state index >= 15 is 0 Å². The van der Waals surface area contributed by atoms with E-state index in [0.29, 0.717) is 13.0 Å². The van der Waals surface area contributed by atoms with Crippen molar-refractivity contribution >= 4 is 0 Å². The van der Waals surface area contributed by atoms with Crippen LogP contribution in [-0.2, 0) is 9.68 Å². The maximum atomic E-state index is 9.98. The SMILES string of the molecule is CN(CCCCCO)OCCC(C)(C)ON=O. The van der Waals surface area contributed by atoms with E-state index in [1.807, 2.05) is 7.05 Å². The van der Waals surface area contributed by atoms with Crippen molar-refractivity contribution in [1.82, 2.24) is 5.06 Å². The predicted octanol–water partition coefficient (Wildman–Crippen LogP) is 1.88. The number of aliphatic hydroxyl groups excluding tert-OH is 1. The molecule has 0 rings (SSSR count). The van der Waals surface area contributed by atoms with Gasteiger partial charge in [0.1, 0.15) is 5.60 Å². The zero-order chi connectivity index (χ0) is 13.1. The average molecular weight is 248 g/mol. The normalized spacial score (nSPS) is 11.8. The Morgan fingerprint density at radius 1 is 1.29 bits per heavy atom. The highest BCUT2D eigenvalue weighted by Crippen LogP contribution is 2.14. The largest absolute Gasteiger partial charge is 0.396 e. The zero-order valence-corrected chi connectivity index (χ0v) is 11.0. The summed E-state index contributed by atoms with van der Waals surface area (Å²) >= 11 is 0. The molecule has 0 aromatic rings. The molecule has 6 heteroatoms. The predicted molar refractivity (Wildman–Crippen MR) is 65.1 cm³/mol. The molecule has 0 bridgehead atoms. The van der Waals surface area contributed by atoms with Crippen molar-refractivity contribution in [2.24, 2.45) is 5.34 Å². The molecule has 0 aromatic carbocycles. The third-order valence-electron chi connectivity index (χ3n) is 2.43. The molecule has 17 heavy (non-hydrogen) atoms. The van der Waals surface area contributed by atoms with Gasteiger partial charge in [-0.2, -0.15) is 5.06 Å². The fraction of sp³-hybridized carbons (Fsp3) is 1.00. The molecule has 0 saturated carbocycles. The summed E-state index contributed by atoms with van der Waals surface area (Å²) < 4.78 is 0. The van der Waals surface area contributed by atoms with E-state index in [4.69, 9.17) is 9.94 Å². The van der Waals surface area contributed by atoms with Crippen molar-refractivity contribution in [3.63, 3.8) is 0 Å². The van der Waals surface area contributed by atoms with Gasteiger partial charge in [0.05, 0.1) is 6.61 Å². The van der Waals surface area contributed by atoms with Gasteiger partial charge < -0.3 is 9.94 Å². The first-order chi connectivity index (χ1) is 8.02. The van der Waals surface area contributed by atoms with Gasteiger partial charge in [0.2, 0.25) is 0 Å². The summed E-state index contributed by atoms with van der Waals surface area (Å²) in [6.45, 7) is 5.14. The molecule has 0 aromatic heterocycles. The second-order valence-corrected chi connectivity index (χ2v) is 4.64. The van der Waals surface area contributed by atoms with Crippen molar-refractivity contribution in [1.29, 1.82) is 0 Å². The van der Waals surface area contributed by atoms with Crippen LogP contribution in [0.3, 0.4) is 0 Å². The number of nitrogens with zero attached hydrogens (tertiary/aromatic N) is 2. The molecule has 0 unspecified atom stereocenters. The minimum absolute atomic E-state index is 0.245. The highest BCUT2D eigenvalue weighted by atomic mass is 16.7. The lowest BCUT2D eigenvalue weighted by atomic mass is 10.1. The van der Waals surface area contributed by atoms with Crippen LogP contribution in [-0.4, -0.2) is 42.6 Å². The van der Waals surface area contributed by atoms with Crippen LogP contribution in [0.4, 0.5) is 0 Å². The van der Waals surface area contributed by atoms with Gasteiger partial charge in [-0.3, -0.25) is 4.84 Å². The van der Waals surface area contributed by atoms with Gasteiger partial charge >= 0.3 is 0 Å². The van der Waals surface area contributed by atoms with E-state index in [-0.39, 0.29) is 6.61 Å². The molecule has 0 fully saturated rings. The van der Waals surface area contributed by atoms with Crippen LogP contribution in [0.15, 0.2) is 5.34 Å². The van der Waals surface area contributed by atoms with Gasteiger partial charge in [0.25, 0.3) is 0 Å². The Balaban J connectivity index is 3.49. The Kier molecular flexibility index (Phi) is 8.93. The Bertz CT molecular complexity index is 200. The van der Waals surface area contributed by atoms with E-state index in [1.54, 1.807) is 18.9 Å². The molecule has 0 aliphatic rings. The molecule has 0 aliphatic carbocycles. The van der Waals surface area contributed by atoms with E-state index in [9.17, 15) is 4.91 Å². The molecular weight excluding hydrogens is 224 g/mol. The molecule has 0 radical (unpaired) electrons. The standard InChI is InChI=1S/C11H24N2O4/c1-11(2,17-12-15)7-10-16-13(3)8-5-4-6-9-14/h14H,4-10H2,1-3H3. The Labute approximate surface area is 103 Å². The smallest absolute Gasteiger partial charge is 0.155 e. The molecule has 0 heterocycles. The summed E-state index contributed by atoms with van der Waals surface area (Å²) in [5.74, 6) is 0. The molecule has 0 spiro atoms. The lowest BCUT2D eigenvalue weighted by Crippen LogP contribution is -2.27. The zero-order valence-electron chi connectivity index (χ0n) is 11.0. The molecule has 0 amide bonds. The minimum atomic E-state index is -0.584. The maximum Gasteiger partial charge on any atom is 0.155 e. The maximum absolute atomic E-state index is 9.98. The lowest BCUT2D eigenvalue weighted by molar-refractivity contribution is -0.156. The summed E-state index contributed by atoms with van der Waals surface area (Å²) in [6.07, 6.45) is 3.42. The van der Waals surface area contributed by atoms with Crippen molar-refractivity contribution in [2.75, 3.05) is 26.8 Å². The number of hydrogen-bond acceptors (Lipinski definition) is 6. The fourth-order valence-electron chi connectivity index (χ4n) is 1.28. The molecule has 0 atom stereocenters. The quantitative estimate of drug-likeness (QED) is 0.343. The van der Waals surface area contributed by atoms with E-state index in [1.165, 1.54) is 0 Å². The third-order valence-corrected chi connectivity index (χ3v) is 2.43. The van der Waals surface area contributed by atoms with Crippen LogP contribution < -0.4 is 0 Å². The highest BCUT2D eigenvalue weighted by molar-refractivity contribution is 4.66. The molecule has 1 N–H and O–H groups in total. The summed E-state index contributed by atoms with van der Waals surface area (Å²) in [5.41, 5.74) is -0.584. The van der Waals surface area contributed by atoms with Crippen molar-refractivity contribution < 1.29 is 14.8 Å². The second-order valence-electron chi connectivity index (χ2n) is 4.64. The van der Waals surface area contributed by atoms with Crippen LogP contribution in [0.2, 0.25) is 0 Å². The molecule has 0 saturated heterocycles. The van der Waals surface area contributed by atoms with Crippen LogP contribution in [0.1, 0.15) is 39.5 Å². The van der Waals surface area contributed by atoms with Crippen molar-refractivity contribution in [3.05, 3.63) is 4.91 Å². The molecule has 0 aliphatic heterocycles. The number of hydrogen-bond donors (Lipinski definition) is 1. The first-order valence-corrected chi connectivity index (χ1v) is 5.97. The number of aliphatic hydroxyl groups is 1. The van der Waals surface area contributed by atoms with Crippen LogP contribution in [0, 0.1) is 4.91 Å². The minimum Gasteiger partial charge on any atom is -0.396 e. The Morgan fingerprint density at radius 2 is 2.00 bits per heavy atom. The van der Waals surface area contributed by atoms with Gasteiger partial charge in [0.15, 0.2) is 5.34 Å². The average Bonchev–Trinajstić information content (AvgIpc) is 2.24. The van der Waals surface area contributed by atoms with Crippen molar-refractivity contribution in [2.45, 2.75) is 45.1 Å². The van der Waals surface area contributed by atoms with Gasteiger partial charge in [0, 0.05) is 26.6 Å². The summed E-state index contributed by atoms with van der Waals surface area (Å²) in [7, 11) is 1.87. The second kappa shape index (κ2) is 9.32. The Morgan fingerprint density at radius 3 is 2.59 bits per heavy atom. The van der Waals surface area contributed by atoms with Gasteiger partial charge in [-0.15, -0.1) is 4.91 Å². The number of hydroxylamine groups is 2.